The SMILES string of the molecule is Clc1ccc(Nc2nc3nc(NC4CCCC4)ncc3[nH]2)c(Cl)c1. The quantitative estimate of drug-likeness (QED) is 0.623. The predicted molar refractivity (Wildman–Crippen MR) is 97.3 cm³/mol. The van der Waals surface area contributed by atoms with Crippen molar-refractivity contribution in [1.29, 1.82) is 0 Å². The van der Waals surface area contributed by atoms with Gasteiger partial charge in [0.25, 0.3) is 0 Å². The highest BCUT2D eigenvalue weighted by atomic mass is 35.5. The minimum absolute atomic E-state index is 0.465. The number of hydrogen-bond acceptors (Lipinski definition) is 5. The molecular formula is C16H16Cl2N6. The highest BCUT2D eigenvalue weighted by Gasteiger charge is 2.16. The average Bonchev–Trinajstić information content (AvgIpc) is 3.19. The van der Waals surface area contributed by atoms with E-state index in [2.05, 4.69) is 30.6 Å². The van der Waals surface area contributed by atoms with Crippen molar-refractivity contribution in [1.82, 2.24) is 19.9 Å². The summed E-state index contributed by atoms with van der Waals surface area (Å²) < 4.78 is 0. The van der Waals surface area contributed by atoms with Gasteiger partial charge in [-0.15, -0.1) is 0 Å². The fraction of sp³-hybridized carbons (Fsp3) is 0.312. The summed E-state index contributed by atoms with van der Waals surface area (Å²) in [5, 5.41) is 7.62. The third-order valence-corrected chi connectivity index (χ3v) is 4.66. The molecule has 0 radical (unpaired) electrons. The van der Waals surface area contributed by atoms with Gasteiger partial charge in [0.15, 0.2) is 5.65 Å². The van der Waals surface area contributed by atoms with Crippen LogP contribution in [-0.4, -0.2) is 26.0 Å². The third kappa shape index (κ3) is 3.25. The minimum atomic E-state index is 0.465. The van der Waals surface area contributed by atoms with Crippen molar-refractivity contribution in [3.63, 3.8) is 0 Å². The first-order chi connectivity index (χ1) is 11.7. The lowest BCUT2D eigenvalue weighted by Crippen LogP contribution is -2.16. The summed E-state index contributed by atoms with van der Waals surface area (Å²) >= 11 is 12.1. The highest BCUT2D eigenvalue weighted by Crippen LogP contribution is 2.28. The molecule has 1 saturated carbocycles. The number of rotatable bonds is 4. The van der Waals surface area contributed by atoms with Gasteiger partial charge >= 0.3 is 0 Å². The molecule has 0 saturated heterocycles. The van der Waals surface area contributed by atoms with Crippen LogP contribution in [0.2, 0.25) is 10.0 Å². The van der Waals surface area contributed by atoms with Crippen molar-refractivity contribution in [2.45, 2.75) is 31.7 Å². The fourth-order valence-corrected chi connectivity index (χ4v) is 3.36. The van der Waals surface area contributed by atoms with Gasteiger partial charge in [-0.05, 0) is 31.0 Å². The van der Waals surface area contributed by atoms with Gasteiger partial charge < -0.3 is 15.6 Å². The Morgan fingerprint density at radius 1 is 1.12 bits per heavy atom. The molecule has 2 heterocycles. The number of fused-ring (bicyclic) bond motifs is 1. The molecule has 4 rings (SSSR count). The number of anilines is 3. The zero-order valence-corrected chi connectivity index (χ0v) is 14.3. The van der Waals surface area contributed by atoms with Gasteiger partial charge in [-0.1, -0.05) is 36.0 Å². The van der Waals surface area contributed by atoms with Crippen LogP contribution >= 0.6 is 23.2 Å². The molecule has 1 aliphatic rings. The van der Waals surface area contributed by atoms with Gasteiger partial charge in [0.05, 0.1) is 16.9 Å². The average molecular weight is 363 g/mol. The number of nitrogens with zero attached hydrogens (tertiary/aromatic N) is 3. The Morgan fingerprint density at radius 3 is 2.75 bits per heavy atom. The zero-order chi connectivity index (χ0) is 16.5. The smallest absolute Gasteiger partial charge is 0.225 e. The molecule has 8 heteroatoms. The molecule has 24 heavy (non-hydrogen) atoms. The summed E-state index contributed by atoms with van der Waals surface area (Å²) in [7, 11) is 0. The number of nitrogens with one attached hydrogen (secondary N) is 3. The zero-order valence-electron chi connectivity index (χ0n) is 12.8. The maximum atomic E-state index is 6.17. The van der Waals surface area contributed by atoms with Crippen LogP contribution in [0.1, 0.15) is 25.7 Å². The number of benzene rings is 1. The number of imidazole rings is 1. The standard InChI is InChI=1S/C16H16Cl2N6/c17-9-5-6-12(11(18)7-9)21-16-22-13-8-19-15(23-14(13)24-16)20-10-3-1-2-4-10/h5-8,10H,1-4H2,(H3,19,20,21,22,23,24). The van der Waals surface area contributed by atoms with E-state index in [0.29, 0.717) is 33.6 Å². The van der Waals surface area contributed by atoms with Crippen LogP contribution < -0.4 is 10.6 Å². The van der Waals surface area contributed by atoms with Crippen molar-refractivity contribution < 1.29 is 0 Å². The van der Waals surface area contributed by atoms with Crippen LogP contribution in [0.4, 0.5) is 17.6 Å². The Bertz CT molecular complexity index is 872. The molecule has 0 aliphatic heterocycles. The monoisotopic (exact) mass is 362 g/mol. The molecule has 6 nitrogen and oxygen atoms in total. The number of aromatic nitrogens is 4. The Hall–Kier alpha value is -2.05. The summed E-state index contributed by atoms with van der Waals surface area (Å²) in [6, 6.07) is 5.71. The molecule has 1 aliphatic carbocycles. The first-order valence-corrected chi connectivity index (χ1v) is 8.64. The molecule has 0 spiro atoms. The normalized spacial score (nSPS) is 15.1. The van der Waals surface area contributed by atoms with Crippen molar-refractivity contribution in [3.8, 4) is 0 Å². The maximum Gasteiger partial charge on any atom is 0.225 e. The number of H-pyrrole nitrogens is 1. The lowest BCUT2D eigenvalue weighted by molar-refractivity contribution is 0.745. The van der Waals surface area contributed by atoms with E-state index in [1.165, 1.54) is 25.7 Å². The molecule has 3 N–H and O–H groups in total. The summed E-state index contributed by atoms with van der Waals surface area (Å²) in [4.78, 5) is 16.4. The van der Waals surface area contributed by atoms with Crippen LogP contribution in [0.15, 0.2) is 24.4 Å². The summed E-state index contributed by atoms with van der Waals surface area (Å²) in [6.07, 6.45) is 6.60. The van der Waals surface area contributed by atoms with Crippen LogP contribution in [0.5, 0.6) is 0 Å². The van der Waals surface area contributed by atoms with Crippen LogP contribution in [0.25, 0.3) is 11.2 Å². The molecule has 0 bridgehead atoms. The third-order valence-electron chi connectivity index (χ3n) is 4.11. The van der Waals surface area contributed by atoms with Gasteiger partial charge in [-0.2, -0.15) is 9.97 Å². The van der Waals surface area contributed by atoms with E-state index >= 15 is 0 Å². The topological polar surface area (TPSA) is 78.5 Å². The lowest BCUT2D eigenvalue weighted by Gasteiger charge is -2.10. The van der Waals surface area contributed by atoms with E-state index in [4.69, 9.17) is 23.2 Å². The van der Waals surface area contributed by atoms with Gasteiger partial charge in [-0.25, -0.2) is 4.98 Å². The summed E-state index contributed by atoms with van der Waals surface area (Å²) in [5.41, 5.74) is 2.09. The Balaban J connectivity index is 1.56. The number of halogens is 2. The number of aromatic amines is 1. The maximum absolute atomic E-state index is 6.17. The molecule has 0 amide bonds. The second kappa shape index (κ2) is 6.45. The molecule has 0 unspecified atom stereocenters. The van der Waals surface area contributed by atoms with Gasteiger partial charge in [-0.3, -0.25) is 0 Å². The Morgan fingerprint density at radius 2 is 1.96 bits per heavy atom. The summed E-state index contributed by atoms with van der Waals surface area (Å²) in [6.45, 7) is 0. The Labute approximate surface area is 149 Å². The predicted octanol–water partition coefficient (Wildman–Crippen LogP) is 4.76. The van der Waals surface area contributed by atoms with Gasteiger partial charge in [0.2, 0.25) is 11.9 Å². The van der Waals surface area contributed by atoms with E-state index in [1.54, 1.807) is 24.4 Å². The second-order valence-corrected chi connectivity index (χ2v) is 6.73. The molecule has 124 valence electrons. The van der Waals surface area contributed by atoms with Gasteiger partial charge in [0.1, 0.15) is 5.52 Å². The largest absolute Gasteiger partial charge is 0.351 e. The van der Waals surface area contributed by atoms with Crippen molar-refractivity contribution in [2.24, 2.45) is 0 Å². The first-order valence-electron chi connectivity index (χ1n) is 7.89. The van der Waals surface area contributed by atoms with Crippen molar-refractivity contribution in [3.05, 3.63) is 34.4 Å². The van der Waals surface area contributed by atoms with E-state index in [1.807, 2.05) is 0 Å². The van der Waals surface area contributed by atoms with E-state index < -0.39 is 0 Å². The van der Waals surface area contributed by atoms with Gasteiger partial charge in [0, 0.05) is 11.1 Å². The van der Waals surface area contributed by atoms with E-state index in [-0.39, 0.29) is 0 Å². The van der Waals surface area contributed by atoms with Crippen molar-refractivity contribution in [2.75, 3.05) is 10.6 Å². The molecule has 3 aromatic rings. The molecule has 1 fully saturated rings. The Kier molecular flexibility index (Phi) is 4.16. The van der Waals surface area contributed by atoms with E-state index in [0.717, 1.165) is 11.2 Å². The van der Waals surface area contributed by atoms with Crippen molar-refractivity contribution >= 4 is 51.9 Å². The summed E-state index contributed by atoms with van der Waals surface area (Å²) in [5.74, 6) is 1.18. The molecular weight excluding hydrogens is 347 g/mol. The minimum Gasteiger partial charge on any atom is -0.351 e. The number of hydrogen-bond donors (Lipinski definition) is 3. The second-order valence-electron chi connectivity index (χ2n) is 5.89. The van der Waals surface area contributed by atoms with Crippen LogP contribution in [-0.2, 0) is 0 Å². The van der Waals surface area contributed by atoms with Crippen LogP contribution in [0.3, 0.4) is 0 Å². The molecule has 1 aromatic carbocycles. The fourth-order valence-electron chi connectivity index (χ4n) is 2.91. The first kappa shape index (κ1) is 15.5. The molecule has 2 aromatic heterocycles. The molecule has 0 atom stereocenters. The highest BCUT2D eigenvalue weighted by molar-refractivity contribution is 6.36. The van der Waals surface area contributed by atoms with E-state index in [9.17, 15) is 0 Å². The lowest BCUT2D eigenvalue weighted by atomic mass is 10.2. The van der Waals surface area contributed by atoms with Crippen LogP contribution in [0, 0.1) is 0 Å².